The number of hydrogen-bond donors (Lipinski definition) is 1. The number of Topliss-reactive ketones (excluding diaryl/α,β-unsaturated/α-hetero) is 1. The summed E-state index contributed by atoms with van der Waals surface area (Å²) in [6.07, 6.45) is 1.99. The largest absolute Gasteiger partial charge is 0.327 e. The molecule has 3 heteroatoms. The van der Waals surface area contributed by atoms with Crippen molar-refractivity contribution in [2.24, 2.45) is 11.7 Å². The van der Waals surface area contributed by atoms with Gasteiger partial charge in [-0.15, -0.1) is 0 Å². The Labute approximate surface area is 95.5 Å². The Morgan fingerprint density at radius 2 is 2.27 bits per heavy atom. The molecule has 1 unspecified atom stereocenters. The lowest BCUT2D eigenvalue weighted by Crippen LogP contribution is -2.29. The van der Waals surface area contributed by atoms with Crippen molar-refractivity contribution in [2.45, 2.75) is 39.2 Å². The van der Waals surface area contributed by atoms with Gasteiger partial charge in [0.05, 0.1) is 0 Å². The highest BCUT2D eigenvalue weighted by Gasteiger charge is 2.12. The standard InChI is InChI=1S/C12H19NOS/c1-9(2)12(13)7-11(14)4-3-10-5-6-15-8-10/h5-6,8-9,12H,3-4,7,13H2,1-2H3. The fraction of sp³-hybridized carbons (Fsp3) is 0.583. The van der Waals surface area contributed by atoms with E-state index in [1.54, 1.807) is 11.3 Å². The minimum atomic E-state index is 0.0139. The topological polar surface area (TPSA) is 43.1 Å². The summed E-state index contributed by atoms with van der Waals surface area (Å²) in [5, 5.41) is 4.13. The molecule has 1 aromatic rings. The molecule has 0 amide bonds. The van der Waals surface area contributed by atoms with Crippen molar-refractivity contribution < 1.29 is 4.79 Å². The Balaban J connectivity index is 2.25. The van der Waals surface area contributed by atoms with Gasteiger partial charge in [0.2, 0.25) is 0 Å². The van der Waals surface area contributed by atoms with Crippen LogP contribution in [-0.2, 0) is 11.2 Å². The Hall–Kier alpha value is -0.670. The van der Waals surface area contributed by atoms with E-state index in [2.05, 4.69) is 25.3 Å². The number of carbonyl (C=O) groups is 1. The van der Waals surface area contributed by atoms with Gasteiger partial charge in [-0.05, 0) is 34.7 Å². The molecule has 2 N–H and O–H groups in total. The van der Waals surface area contributed by atoms with Crippen LogP contribution in [0.2, 0.25) is 0 Å². The predicted molar refractivity (Wildman–Crippen MR) is 65.1 cm³/mol. The van der Waals surface area contributed by atoms with Crippen LogP contribution in [0.4, 0.5) is 0 Å². The summed E-state index contributed by atoms with van der Waals surface area (Å²) in [5.41, 5.74) is 7.10. The molecule has 0 saturated carbocycles. The number of thiophene rings is 1. The van der Waals surface area contributed by atoms with Crippen LogP contribution in [0.15, 0.2) is 16.8 Å². The first-order valence-corrected chi connectivity index (χ1v) is 6.32. The van der Waals surface area contributed by atoms with E-state index in [0.717, 1.165) is 6.42 Å². The summed E-state index contributed by atoms with van der Waals surface area (Å²) in [6, 6.07) is 2.08. The highest BCUT2D eigenvalue weighted by atomic mass is 32.1. The van der Waals surface area contributed by atoms with Crippen LogP contribution in [0, 0.1) is 5.92 Å². The van der Waals surface area contributed by atoms with E-state index in [4.69, 9.17) is 5.73 Å². The molecule has 2 nitrogen and oxygen atoms in total. The predicted octanol–water partition coefficient (Wildman–Crippen LogP) is 2.62. The maximum Gasteiger partial charge on any atom is 0.134 e. The summed E-state index contributed by atoms with van der Waals surface area (Å²) in [7, 11) is 0. The maximum atomic E-state index is 11.6. The average molecular weight is 225 g/mol. The number of carbonyl (C=O) groups excluding carboxylic acids is 1. The molecule has 0 aliphatic carbocycles. The van der Waals surface area contributed by atoms with Crippen molar-refractivity contribution in [3.8, 4) is 0 Å². The van der Waals surface area contributed by atoms with Crippen molar-refractivity contribution in [1.82, 2.24) is 0 Å². The molecule has 0 aliphatic rings. The SMILES string of the molecule is CC(C)C(N)CC(=O)CCc1ccsc1. The lowest BCUT2D eigenvalue weighted by molar-refractivity contribution is -0.119. The van der Waals surface area contributed by atoms with Crippen LogP contribution < -0.4 is 5.73 Å². The van der Waals surface area contributed by atoms with Gasteiger partial charge >= 0.3 is 0 Å². The van der Waals surface area contributed by atoms with Crippen LogP contribution in [0.25, 0.3) is 0 Å². The van der Waals surface area contributed by atoms with Gasteiger partial charge in [0.15, 0.2) is 0 Å². The Bertz CT molecular complexity index is 293. The molecule has 1 rings (SSSR count). The highest BCUT2D eigenvalue weighted by molar-refractivity contribution is 7.07. The van der Waals surface area contributed by atoms with Crippen LogP contribution in [0.3, 0.4) is 0 Å². The van der Waals surface area contributed by atoms with E-state index >= 15 is 0 Å². The highest BCUT2D eigenvalue weighted by Crippen LogP contribution is 2.11. The molecule has 1 heterocycles. The summed E-state index contributed by atoms with van der Waals surface area (Å²) in [6.45, 7) is 4.10. The zero-order valence-corrected chi connectivity index (χ0v) is 10.2. The van der Waals surface area contributed by atoms with Crippen LogP contribution in [-0.4, -0.2) is 11.8 Å². The molecule has 1 aromatic heterocycles. The van der Waals surface area contributed by atoms with Gasteiger partial charge in [-0.3, -0.25) is 4.79 Å². The molecule has 0 saturated heterocycles. The lowest BCUT2D eigenvalue weighted by Gasteiger charge is -2.14. The molecular weight excluding hydrogens is 206 g/mol. The van der Waals surface area contributed by atoms with Gasteiger partial charge in [0.1, 0.15) is 5.78 Å². The fourth-order valence-electron chi connectivity index (χ4n) is 1.32. The number of rotatable bonds is 6. The molecule has 0 radical (unpaired) electrons. The van der Waals surface area contributed by atoms with E-state index < -0.39 is 0 Å². The third-order valence-corrected chi connectivity index (χ3v) is 3.32. The van der Waals surface area contributed by atoms with Gasteiger partial charge in [-0.25, -0.2) is 0 Å². The minimum absolute atomic E-state index is 0.0139. The number of ketones is 1. The molecule has 15 heavy (non-hydrogen) atoms. The van der Waals surface area contributed by atoms with Crippen molar-refractivity contribution >= 4 is 17.1 Å². The number of hydrogen-bond acceptors (Lipinski definition) is 3. The summed E-state index contributed by atoms with van der Waals surface area (Å²) in [5.74, 6) is 0.664. The normalized spacial score (nSPS) is 13.1. The minimum Gasteiger partial charge on any atom is -0.327 e. The van der Waals surface area contributed by atoms with Crippen molar-refractivity contribution in [3.05, 3.63) is 22.4 Å². The quantitative estimate of drug-likeness (QED) is 0.808. The van der Waals surface area contributed by atoms with Crippen LogP contribution in [0.1, 0.15) is 32.3 Å². The zero-order valence-electron chi connectivity index (χ0n) is 9.40. The molecule has 0 aliphatic heterocycles. The van der Waals surface area contributed by atoms with Gasteiger partial charge < -0.3 is 5.73 Å². The molecule has 1 atom stereocenters. The second-order valence-electron chi connectivity index (χ2n) is 4.28. The molecule has 0 fully saturated rings. The molecule has 0 bridgehead atoms. The first-order chi connectivity index (χ1) is 7.09. The Morgan fingerprint density at radius 1 is 1.53 bits per heavy atom. The Kier molecular flexibility index (Phi) is 4.99. The lowest BCUT2D eigenvalue weighted by atomic mass is 9.97. The van der Waals surface area contributed by atoms with E-state index in [0.29, 0.717) is 18.8 Å². The zero-order chi connectivity index (χ0) is 11.3. The monoisotopic (exact) mass is 225 g/mol. The van der Waals surface area contributed by atoms with Crippen molar-refractivity contribution in [1.29, 1.82) is 0 Å². The summed E-state index contributed by atoms with van der Waals surface area (Å²) >= 11 is 1.67. The van der Waals surface area contributed by atoms with E-state index in [1.807, 2.05) is 5.38 Å². The molecular formula is C12H19NOS. The summed E-state index contributed by atoms with van der Waals surface area (Å²) in [4.78, 5) is 11.6. The van der Waals surface area contributed by atoms with Gasteiger partial charge in [0.25, 0.3) is 0 Å². The maximum absolute atomic E-state index is 11.6. The van der Waals surface area contributed by atoms with Gasteiger partial charge in [-0.1, -0.05) is 13.8 Å². The van der Waals surface area contributed by atoms with Crippen molar-refractivity contribution in [2.75, 3.05) is 0 Å². The smallest absolute Gasteiger partial charge is 0.134 e. The second kappa shape index (κ2) is 6.03. The first-order valence-electron chi connectivity index (χ1n) is 5.38. The van der Waals surface area contributed by atoms with Crippen LogP contribution >= 0.6 is 11.3 Å². The molecule has 0 aromatic carbocycles. The fourth-order valence-corrected chi connectivity index (χ4v) is 2.02. The third-order valence-electron chi connectivity index (χ3n) is 2.59. The van der Waals surface area contributed by atoms with Crippen molar-refractivity contribution in [3.63, 3.8) is 0 Å². The average Bonchev–Trinajstić information content (AvgIpc) is 2.66. The number of aryl methyl sites for hydroxylation is 1. The Morgan fingerprint density at radius 3 is 2.80 bits per heavy atom. The molecule has 0 spiro atoms. The van der Waals surface area contributed by atoms with Gasteiger partial charge in [-0.2, -0.15) is 11.3 Å². The second-order valence-corrected chi connectivity index (χ2v) is 5.06. The third kappa shape index (κ3) is 4.58. The number of nitrogens with two attached hydrogens (primary N) is 1. The molecule has 84 valence electrons. The van der Waals surface area contributed by atoms with E-state index in [-0.39, 0.29) is 11.8 Å². The van der Waals surface area contributed by atoms with Gasteiger partial charge in [0, 0.05) is 18.9 Å². The first kappa shape index (κ1) is 12.4. The van der Waals surface area contributed by atoms with Crippen LogP contribution in [0.5, 0.6) is 0 Å². The summed E-state index contributed by atoms with van der Waals surface area (Å²) < 4.78 is 0. The van der Waals surface area contributed by atoms with E-state index in [9.17, 15) is 4.79 Å². The van der Waals surface area contributed by atoms with E-state index in [1.165, 1.54) is 5.56 Å².